The number of hydrogen-bond acceptors (Lipinski definition) is 2. The van der Waals surface area contributed by atoms with E-state index in [0.717, 1.165) is 5.56 Å². The Morgan fingerprint density at radius 1 is 1.10 bits per heavy atom. The number of rotatable bonds is 1. The van der Waals surface area contributed by atoms with Gasteiger partial charge in [-0.25, -0.2) is 4.39 Å². The van der Waals surface area contributed by atoms with Crippen molar-refractivity contribution in [1.82, 2.24) is 0 Å². The summed E-state index contributed by atoms with van der Waals surface area (Å²) in [4.78, 5) is 12.3. The lowest BCUT2D eigenvalue weighted by molar-refractivity contribution is 0.615. The molecule has 1 heterocycles. The zero-order chi connectivity index (χ0) is 15.1. The molecule has 106 valence electrons. The van der Waals surface area contributed by atoms with Gasteiger partial charge in [-0.1, -0.05) is 23.2 Å². The SMILES string of the molecule is Cc1cc2oc(-c3ccc(F)cc3)c(Cl)c(=O)c2cc1Cl. The predicted molar refractivity (Wildman–Crippen MR) is 82.6 cm³/mol. The van der Waals surface area contributed by atoms with Gasteiger partial charge in [0.05, 0.1) is 5.39 Å². The zero-order valence-electron chi connectivity index (χ0n) is 10.9. The average molecular weight is 323 g/mol. The van der Waals surface area contributed by atoms with Gasteiger partial charge in [0, 0.05) is 10.6 Å². The summed E-state index contributed by atoms with van der Waals surface area (Å²) in [5, 5.41) is 0.746. The van der Waals surface area contributed by atoms with Gasteiger partial charge in [-0.2, -0.15) is 0 Å². The van der Waals surface area contributed by atoms with Crippen molar-refractivity contribution in [3.8, 4) is 11.3 Å². The Balaban J connectivity index is 2.34. The summed E-state index contributed by atoms with van der Waals surface area (Å²) in [7, 11) is 0. The first-order valence-corrected chi connectivity index (χ1v) is 6.91. The maximum Gasteiger partial charge on any atom is 0.211 e. The minimum atomic E-state index is -0.374. The fraction of sp³-hybridized carbons (Fsp3) is 0.0625. The summed E-state index contributed by atoms with van der Waals surface area (Å²) in [5.41, 5.74) is 1.36. The number of halogens is 3. The van der Waals surface area contributed by atoms with Crippen LogP contribution in [-0.2, 0) is 0 Å². The Morgan fingerprint density at radius 2 is 1.76 bits per heavy atom. The van der Waals surface area contributed by atoms with Crippen molar-refractivity contribution in [2.75, 3.05) is 0 Å². The molecule has 21 heavy (non-hydrogen) atoms. The van der Waals surface area contributed by atoms with E-state index in [1.165, 1.54) is 24.3 Å². The molecule has 2 nitrogen and oxygen atoms in total. The molecule has 0 aliphatic carbocycles. The lowest BCUT2D eigenvalue weighted by atomic mass is 10.1. The third kappa shape index (κ3) is 2.43. The largest absolute Gasteiger partial charge is 0.454 e. The summed E-state index contributed by atoms with van der Waals surface area (Å²) in [6.07, 6.45) is 0. The van der Waals surface area contributed by atoms with Gasteiger partial charge in [-0.15, -0.1) is 0 Å². The van der Waals surface area contributed by atoms with E-state index < -0.39 is 0 Å². The highest BCUT2D eigenvalue weighted by Gasteiger charge is 2.15. The van der Waals surface area contributed by atoms with Crippen LogP contribution in [0.2, 0.25) is 10.0 Å². The molecule has 0 radical (unpaired) electrons. The van der Waals surface area contributed by atoms with Crippen molar-refractivity contribution in [2.24, 2.45) is 0 Å². The fourth-order valence-corrected chi connectivity index (χ4v) is 2.49. The minimum absolute atomic E-state index is 0.0472. The highest BCUT2D eigenvalue weighted by atomic mass is 35.5. The first kappa shape index (κ1) is 14.1. The lowest BCUT2D eigenvalue weighted by Gasteiger charge is -2.07. The van der Waals surface area contributed by atoms with Crippen molar-refractivity contribution in [3.05, 3.63) is 68.0 Å². The molecule has 0 fully saturated rings. The van der Waals surface area contributed by atoms with Crippen LogP contribution < -0.4 is 5.43 Å². The van der Waals surface area contributed by atoms with Crippen LogP contribution in [0.15, 0.2) is 45.6 Å². The zero-order valence-corrected chi connectivity index (χ0v) is 12.4. The van der Waals surface area contributed by atoms with Crippen molar-refractivity contribution in [1.29, 1.82) is 0 Å². The van der Waals surface area contributed by atoms with Crippen LogP contribution in [0, 0.1) is 12.7 Å². The van der Waals surface area contributed by atoms with Crippen molar-refractivity contribution in [2.45, 2.75) is 6.92 Å². The predicted octanol–water partition coefficient (Wildman–Crippen LogP) is 5.21. The van der Waals surface area contributed by atoms with Gasteiger partial charge in [0.1, 0.15) is 16.4 Å². The maximum absolute atomic E-state index is 13.0. The second-order valence-corrected chi connectivity index (χ2v) is 5.46. The molecular formula is C16H9Cl2FO2. The van der Waals surface area contributed by atoms with Crippen LogP contribution in [0.1, 0.15) is 5.56 Å². The van der Waals surface area contributed by atoms with E-state index in [9.17, 15) is 9.18 Å². The number of aryl methyl sites for hydroxylation is 1. The van der Waals surface area contributed by atoms with Gasteiger partial charge in [0.2, 0.25) is 5.43 Å². The topological polar surface area (TPSA) is 30.2 Å². The summed E-state index contributed by atoms with van der Waals surface area (Å²) < 4.78 is 18.7. The minimum Gasteiger partial charge on any atom is -0.454 e. The van der Waals surface area contributed by atoms with Gasteiger partial charge >= 0.3 is 0 Å². The van der Waals surface area contributed by atoms with Crippen LogP contribution in [-0.4, -0.2) is 0 Å². The molecule has 0 aliphatic rings. The van der Waals surface area contributed by atoms with Gasteiger partial charge in [-0.3, -0.25) is 4.79 Å². The Kier molecular flexibility index (Phi) is 3.47. The molecule has 0 saturated heterocycles. The van der Waals surface area contributed by atoms with Gasteiger partial charge in [-0.05, 0) is 48.9 Å². The Bertz CT molecular complexity index is 899. The van der Waals surface area contributed by atoms with Crippen LogP contribution in [0.4, 0.5) is 4.39 Å². The van der Waals surface area contributed by atoms with Crippen LogP contribution in [0.3, 0.4) is 0 Å². The standard InChI is InChI=1S/C16H9Cl2FO2/c1-8-6-13-11(7-12(8)17)15(20)14(18)16(21-13)9-2-4-10(19)5-3-9/h2-7H,1H3. The van der Waals surface area contributed by atoms with E-state index in [1.807, 2.05) is 6.92 Å². The van der Waals surface area contributed by atoms with Crippen LogP contribution >= 0.6 is 23.2 Å². The monoisotopic (exact) mass is 322 g/mol. The van der Waals surface area contributed by atoms with E-state index >= 15 is 0 Å². The van der Waals surface area contributed by atoms with E-state index in [2.05, 4.69) is 0 Å². The molecular weight excluding hydrogens is 314 g/mol. The average Bonchev–Trinajstić information content (AvgIpc) is 2.46. The van der Waals surface area contributed by atoms with Crippen LogP contribution in [0.25, 0.3) is 22.3 Å². The molecule has 0 N–H and O–H groups in total. The van der Waals surface area contributed by atoms with Crippen molar-refractivity contribution >= 4 is 34.2 Å². The molecule has 2 aromatic carbocycles. The molecule has 0 spiro atoms. The van der Waals surface area contributed by atoms with Gasteiger partial charge < -0.3 is 4.42 Å². The van der Waals surface area contributed by atoms with Crippen molar-refractivity contribution < 1.29 is 8.81 Å². The number of fused-ring (bicyclic) bond motifs is 1. The normalized spacial score (nSPS) is 11.0. The molecule has 5 heteroatoms. The molecule has 0 aliphatic heterocycles. The van der Waals surface area contributed by atoms with E-state index in [4.69, 9.17) is 27.6 Å². The lowest BCUT2D eigenvalue weighted by Crippen LogP contribution is -2.04. The Hall–Kier alpha value is -1.84. The number of benzene rings is 2. The first-order chi connectivity index (χ1) is 9.97. The Labute approximate surface area is 129 Å². The molecule has 3 aromatic rings. The first-order valence-electron chi connectivity index (χ1n) is 6.16. The molecule has 0 bridgehead atoms. The van der Waals surface area contributed by atoms with Gasteiger partial charge in [0.15, 0.2) is 5.76 Å². The smallest absolute Gasteiger partial charge is 0.211 e. The summed E-state index contributed by atoms with van der Waals surface area (Å²) >= 11 is 12.1. The molecule has 3 rings (SSSR count). The molecule has 0 atom stereocenters. The summed E-state index contributed by atoms with van der Waals surface area (Å²) in [5.74, 6) is -0.156. The van der Waals surface area contributed by atoms with Crippen molar-refractivity contribution in [3.63, 3.8) is 0 Å². The highest BCUT2D eigenvalue weighted by Crippen LogP contribution is 2.31. The second kappa shape index (κ2) is 5.17. The highest BCUT2D eigenvalue weighted by molar-refractivity contribution is 6.34. The molecule has 1 aromatic heterocycles. The number of hydrogen-bond donors (Lipinski definition) is 0. The summed E-state index contributed by atoms with van der Waals surface area (Å²) in [6, 6.07) is 8.80. The molecule has 0 saturated carbocycles. The van der Waals surface area contributed by atoms with E-state index in [-0.39, 0.29) is 22.0 Å². The fourth-order valence-electron chi connectivity index (χ4n) is 2.08. The van der Waals surface area contributed by atoms with Gasteiger partial charge in [0.25, 0.3) is 0 Å². The third-order valence-corrected chi connectivity index (χ3v) is 3.97. The quantitative estimate of drug-likeness (QED) is 0.615. The molecule has 0 unspecified atom stereocenters. The summed E-state index contributed by atoms with van der Waals surface area (Å²) in [6.45, 7) is 1.81. The second-order valence-electron chi connectivity index (χ2n) is 4.68. The maximum atomic E-state index is 13.0. The third-order valence-electron chi connectivity index (χ3n) is 3.22. The Morgan fingerprint density at radius 3 is 2.43 bits per heavy atom. The molecule has 0 amide bonds. The van der Waals surface area contributed by atoms with Crippen LogP contribution in [0.5, 0.6) is 0 Å². The van der Waals surface area contributed by atoms with E-state index in [1.54, 1.807) is 12.1 Å². The van der Waals surface area contributed by atoms with E-state index in [0.29, 0.717) is 21.6 Å².